The summed E-state index contributed by atoms with van der Waals surface area (Å²) in [6, 6.07) is 4.11. The number of carbonyl (C=O) groups excluding carboxylic acids is 1. The number of hydrogen-bond acceptors (Lipinski definition) is 2. The van der Waals surface area contributed by atoms with E-state index in [1.165, 1.54) is 12.5 Å². The maximum Gasteiger partial charge on any atom is 0.225 e. The van der Waals surface area contributed by atoms with Crippen LogP contribution >= 0.6 is 0 Å². The molecule has 5 heteroatoms. The minimum absolute atomic E-state index is 0.241. The van der Waals surface area contributed by atoms with Gasteiger partial charge in [-0.25, -0.2) is 8.78 Å². The molecule has 0 aromatic heterocycles. The van der Waals surface area contributed by atoms with E-state index in [2.05, 4.69) is 9.80 Å². The Balaban J connectivity index is 1.47. The van der Waals surface area contributed by atoms with Gasteiger partial charge >= 0.3 is 0 Å². The zero-order valence-corrected chi connectivity index (χ0v) is 13.9. The van der Waals surface area contributed by atoms with Crippen molar-refractivity contribution in [2.45, 2.75) is 44.7 Å². The van der Waals surface area contributed by atoms with Crippen LogP contribution in [0.2, 0.25) is 0 Å². The number of piperidine rings is 1. The number of carbonyl (C=O) groups is 1. The lowest BCUT2D eigenvalue weighted by Gasteiger charge is -2.36. The van der Waals surface area contributed by atoms with E-state index >= 15 is 0 Å². The molecule has 2 atom stereocenters. The van der Waals surface area contributed by atoms with E-state index in [4.69, 9.17) is 0 Å². The molecule has 24 heavy (non-hydrogen) atoms. The molecule has 0 radical (unpaired) electrons. The first-order valence-electron chi connectivity index (χ1n) is 9.07. The second kappa shape index (κ2) is 6.43. The number of benzene rings is 1. The number of hydrogen-bond donors (Lipinski definition) is 0. The highest BCUT2D eigenvalue weighted by atomic mass is 19.1. The van der Waals surface area contributed by atoms with Gasteiger partial charge in [-0.3, -0.25) is 9.69 Å². The van der Waals surface area contributed by atoms with Crippen LogP contribution in [0.5, 0.6) is 0 Å². The maximum atomic E-state index is 14.0. The highest BCUT2D eigenvalue weighted by molar-refractivity contribution is 5.79. The molecule has 4 fully saturated rings. The molecule has 4 aliphatic rings. The molecule has 5 rings (SSSR count). The molecule has 3 heterocycles. The van der Waals surface area contributed by atoms with Crippen LogP contribution in [-0.2, 0) is 11.3 Å². The molecule has 0 N–H and O–H groups in total. The van der Waals surface area contributed by atoms with Crippen molar-refractivity contribution in [1.82, 2.24) is 9.80 Å². The van der Waals surface area contributed by atoms with Crippen molar-refractivity contribution in [3.63, 3.8) is 0 Å². The van der Waals surface area contributed by atoms with Crippen molar-refractivity contribution < 1.29 is 13.6 Å². The molecule has 1 saturated carbocycles. The first kappa shape index (κ1) is 16.0. The Bertz CT molecular complexity index is 632. The van der Waals surface area contributed by atoms with Crippen molar-refractivity contribution >= 4 is 5.91 Å². The molecule has 3 aliphatic heterocycles. The molecule has 3 nitrogen and oxygen atoms in total. The van der Waals surface area contributed by atoms with E-state index < -0.39 is 11.6 Å². The molecule has 3 saturated heterocycles. The van der Waals surface area contributed by atoms with E-state index in [1.807, 2.05) is 0 Å². The first-order valence-corrected chi connectivity index (χ1v) is 9.07. The summed E-state index contributed by atoms with van der Waals surface area (Å²) >= 11 is 0. The second-order valence-corrected chi connectivity index (χ2v) is 7.63. The Morgan fingerprint density at radius 1 is 1.08 bits per heavy atom. The largest absolute Gasteiger partial charge is 0.341 e. The summed E-state index contributed by atoms with van der Waals surface area (Å²) in [6.07, 6.45) is 5.45. The van der Waals surface area contributed by atoms with E-state index in [0.29, 0.717) is 23.9 Å². The number of halogens is 2. The molecule has 1 aromatic rings. The molecule has 0 spiro atoms. The molecular weight excluding hydrogens is 310 g/mol. The van der Waals surface area contributed by atoms with Crippen LogP contribution in [0.1, 0.15) is 37.7 Å². The topological polar surface area (TPSA) is 23.6 Å². The summed E-state index contributed by atoms with van der Waals surface area (Å²) in [5, 5.41) is 0. The van der Waals surface area contributed by atoms with Gasteiger partial charge in [-0.05, 0) is 37.7 Å². The van der Waals surface area contributed by atoms with Crippen LogP contribution in [0.15, 0.2) is 18.2 Å². The van der Waals surface area contributed by atoms with Crippen molar-refractivity contribution in [3.8, 4) is 0 Å². The first-order chi connectivity index (χ1) is 11.6. The third-order valence-electron chi connectivity index (χ3n) is 5.98. The van der Waals surface area contributed by atoms with Crippen molar-refractivity contribution in [2.75, 3.05) is 19.6 Å². The van der Waals surface area contributed by atoms with Gasteiger partial charge in [0.15, 0.2) is 0 Å². The van der Waals surface area contributed by atoms with Gasteiger partial charge in [-0.15, -0.1) is 0 Å². The lowest BCUT2D eigenvalue weighted by atomic mass is 9.84. The Labute approximate surface area is 141 Å². The van der Waals surface area contributed by atoms with E-state index in [-0.39, 0.29) is 12.0 Å². The van der Waals surface area contributed by atoms with Gasteiger partial charge in [0.25, 0.3) is 0 Å². The molecule has 1 aliphatic carbocycles. The van der Waals surface area contributed by atoms with Crippen LogP contribution in [0.4, 0.5) is 8.78 Å². The predicted molar refractivity (Wildman–Crippen MR) is 87.2 cm³/mol. The minimum Gasteiger partial charge on any atom is -0.341 e. The third kappa shape index (κ3) is 3.06. The van der Waals surface area contributed by atoms with E-state index in [9.17, 15) is 13.6 Å². The number of fused-ring (bicyclic) bond motifs is 4. The summed E-state index contributed by atoms with van der Waals surface area (Å²) in [7, 11) is 0. The molecule has 0 unspecified atom stereocenters. The Morgan fingerprint density at radius 3 is 2.62 bits per heavy atom. The van der Waals surface area contributed by atoms with Crippen molar-refractivity contribution in [2.24, 2.45) is 11.8 Å². The monoisotopic (exact) mass is 334 g/mol. The van der Waals surface area contributed by atoms with Gasteiger partial charge in [-0.1, -0.05) is 12.5 Å². The number of rotatable bonds is 3. The van der Waals surface area contributed by atoms with Gasteiger partial charge in [0.2, 0.25) is 5.91 Å². The summed E-state index contributed by atoms with van der Waals surface area (Å²) in [4.78, 5) is 17.0. The fraction of sp³-hybridized carbons (Fsp3) is 0.632. The molecule has 2 bridgehead atoms. The standard InChI is InChI=1S/C19H24F2N2O/c20-16-6-5-15(18(21)8-16)11-22-9-13-4-7-17(22)12-23(10-13)19(24)14-2-1-3-14/h5-6,8,13-14,17H,1-4,7,9-12H2/t13-,17-/m1/s1. The van der Waals surface area contributed by atoms with Gasteiger partial charge in [0.05, 0.1) is 0 Å². The van der Waals surface area contributed by atoms with Crippen molar-refractivity contribution in [3.05, 3.63) is 35.4 Å². The second-order valence-electron chi connectivity index (χ2n) is 7.63. The van der Waals surface area contributed by atoms with Gasteiger partial charge in [0, 0.05) is 49.8 Å². The highest BCUT2D eigenvalue weighted by Gasteiger charge is 2.39. The molecular formula is C19H24F2N2O. The Morgan fingerprint density at radius 2 is 1.92 bits per heavy atom. The molecule has 130 valence electrons. The third-order valence-corrected chi connectivity index (χ3v) is 5.98. The van der Waals surface area contributed by atoms with E-state index in [1.54, 1.807) is 6.07 Å². The lowest BCUT2D eigenvalue weighted by Crippen LogP contribution is -2.45. The number of amides is 1. The predicted octanol–water partition coefficient (Wildman–Crippen LogP) is 3.19. The van der Waals surface area contributed by atoms with Crippen LogP contribution in [0, 0.1) is 23.5 Å². The average molecular weight is 334 g/mol. The zero-order valence-electron chi connectivity index (χ0n) is 13.9. The van der Waals surface area contributed by atoms with Crippen molar-refractivity contribution in [1.29, 1.82) is 0 Å². The fourth-order valence-electron chi connectivity index (χ4n) is 4.33. The van der Waals surface area contributed by atoms with Crippen LogP contribution in [0.3, 0.4) is 0 Å². The number of nitrogens with zero attached hydrogens (tertiary/aromatic N) is 2. The van der Waals surface area contributed by atoms with Crippen LogP contribution < -0.4 is 0 Å². The smallest absolute Gasteiger partial charge is 0.225 e. The maximum absolute atomic E-state index is 14.0. The summed E-state index contributed by atoms with van der Waals surface area (Å²) in [6.45, 7) is 3.00. The van der Waals surface area contributed by atoms with Gasteiger partial charge in [-0.2, -0.15) is 0 Å². The Hall–Kier alpha value is -1.49. The SMILES string of the molecule is O=C(C1CCC1)N1C[C@@H]2CC[C@H](C1)N(Cc1ccc(F)cc1F)C2. The highest BCUT2D eigenvalue weighted by Crippen LogP contribution is 2.33. The normalized spacial score (nSPS) is 27.8. The van der Waals surface area contributed by atoms with Gasteiger partial charge in [0.1, 0.15) is 11.6 Å². The summed E-state index contributed by atoms with van der Waals surface area (Å²) in [5.41, 5.74) is 0.542. The van der Waals surface area contributed by atoms with Crippen LogP contribution in [0.25, 0.3) is 0 Å². The van der Waals surface area contributed by atoms with E-state index in [0.717, 1.165) is 51.4 Å². The lowest BCUT2D eigenvalue weighted by molar-refractivity contribution is -0.138. The summed E-state index contributed by atoms with van der Waals surface area (Å²) < 4.78 is 27.1. The summed E-state index contributed by atoms with van der Waals surface area (Å²) in [5.74, 6) is 0.0261. The molecule has 1 aromatic carbocycles. The fourth-order valence-corrected chi connectivity index (χ4v) is 4.33. The van der Waals surface area contributed by atoms with Crippen LogP contribution in [-0.4, -0.2) is 41.4 Å². The molecule has 1 amide bonds. The quantitative estimate of drug-likeness (QED) is 0.848. The Kier molecular flexibility index (Phi) is 4.29. The zero-order chi connectivity index (χ0) is 16.7. The van der Waals surface area contributed by atoms with Gasteiger partial charge < -0.3 is 4.90 Å². The minimum atomic E-state index is -0.536. The average Bonchev–Trinajstić information content (AvgIpc) is 2.80.